The fourth-order valence-corrected chi connectivity index (χ4v) is 2.69. The molecule has 0 aliphatic rings. The summed E-state index contributed by atoms with van der Waals surface area (Å²) in [5, 5.41) is 31.5. The summed E-state index contributed by atoms with van der Waals surface area (Å²) in [5.74, 6) is 0.148. The first-order valence-electron chi connectivity index (χ1n) is 8.38. The third-order valence-corrected chi connectivity index (χ3v) is 4.17. The zero-order chi connectivity index (χ0) is 17.2. The van der Waals surface area contributed by atoms with E-state index in [0.717, 1.165) is 19.3 Å². The molecule has 0 aliphatic heterocycles. The molecule has 4 N–H and O–H groups in total. The molecule has 23 heavy (non-hydrogen) atoms. The van der Waals surface area contributed by atoms with Crippen LogP contribution in [0.1, 0.15) is 45.1 Å². The Balaban J connectivity index is 2.50. The summed E-state index contributed by atoms with van der Waals surface area (Å²) in [4.78, 5) is 12.0. The normalized spacial score (nSPS) is 13.5. The molecule has 5 heteroatoms. The number of rotatable bonds is 10. The van der Waals surface area contributed by atoms with Gasteiger partial charge in [-0.15, -0.1) is 0 Å². The fraction of sp³-hybridized carbons (Fsp3) is 0.611. The SMILES string of the molecule is CCCC(CC)CNC(=O)CC(CO)Cc1ccc(O)cc1O. The molecule has 1 amide bonds. The maximum absolute atomic E-state index is 12.0. The summed E-state index contributed by atoms with van der Waals surface area (Å²) in [7, 11) is 0. The van der Waals surface area contributed by atoms with Crippen LogP contribution >= 0.6 is 0 Å². The van der Waals surface area contributed by atoms with Crippen LogP contribution in [0.5, 0.6) is 11.5 Å². The minimum atomic E-state index is -0.253. The quantitative estimate of drug-likeness (QED) is 0.533. The second kappa shape index (κ2) is 10.1. The number of carbonyl (C=O) groups excluding carboxylic acids is 1. The van der Waals surface area contributed by atoms with Crippen molar-refractivity contribution in [2.24, 2.45) is 11.8 Å². The first-order valence-corrected chi connectivity index (χ1v) is 8.38. The summed E-state index contributed by atoms with van der Waals surface area (Å²) in [5.41, 5.74) is 0.618. The van der Waals surface area contributed by atoms with Crippen molar-refractivity contribution < 1.29 is 20.1 Å². The van der Waals surface area contributed by atoms with Crippen LogP contribution in [-0.2, 0) is 11.2 Å². The highest BCUT2D eigenvalue weighted by molar-refractivity contribution is 5.76. The number of aliphatic hydroxyl groups excluding tert-OH is 1. The van der Waals surface area contributed by atoms with Gasteiger partial charge in [0.05, 0.1) is 0 Å². The maximum atomic E-state index is 12.0. The average Bonchev–Trinajstić information content (AvgIpc) is 2.53. The molecule has 0 fully saturated rings. The van der Waals surface area contributed by atoms with Crippen molar-refractivity contribution in [3.63, 3.8) is 0 Å². The molecule has 2 atom stereocenters. The van der Waals surface area contributed by atoms with Crippen molar-refractivity contribution in [1.29, 1.82) is 0 Å². The van der Waals surface area contributed by atoms with Crippen molar-refractivity contribution in [2.45, 2.75) is 46.0 Å². The predicted molar refractivity (Wildman–Crippen MR) is 90.4 cm³/mol. The smallest absolute Gasteiger partial charge is 0.220 e. The van der Waals surface area contributed by atoms with E-state index < -0.39 is 0 Å². The highest BCUT2D eigenvalue weighted by Gasteiger charge is 2.16. The second-order valence-corrected chi connectivity index (χ2v) is 6.14. The molecule has 0 saturated heterocycles. The van der Waals surface area contributed by atoms with Crippen LogP contribution in [0.25, 0.3) is 0 Å². The number of nitrogens with one attached hydrogen (secondary N) is 1. The molecule has 0 bridgehead atoms. The number of carbonyl (C=O) groups is 1. The Morgan fingerprint density at radius 2 is 1.96 bits per heavy atom. The number of aliphatic hydroxyl groups is 1. The molecule has 0 saturated carbocycles. The third-order valence-electron chi connectivity index (χ3n) is 4.17. The van der Waals surface area contributed by atoms with E-state index in [-0.39, 0.29) is 36.4 Å². The van der Waals surface area contributed by atoms with Crippen LogP contribution in [0.4, 0.5) is 0 Å². The first kappa shape index (κ1) is 19.3. The maximum Gasteiger partial charge on any atom is 0.220 e. The molecule has 130 valence electrons. The highest BCUT2D eigenvalue weighted by Crippen LogP contribution is 2.25. The molecule has 1 aromatic rings. The Morgan fingerprint density at radius 3 is 2.52 bits per heavy atom. The van der Waals surface area contributed by atoms with Gasteiger partial charge in [0.2, 0.25) is 5.91 Å². The lowest BCUT2D eigenvalue weighted by molar-refractivity contribution is -0.122. The van der Waals surface area contributed by atoms with Gasteiger partial charge < -0.3 is 20.6 Å². The van der Waals surface area contributed by atoms with Gasteiger partial charge in [0.25, 0.3) is 0 Å². The van der Waals surface area contributed by atoms with E-state index in [1.165, 1.54) is 12.1 Å². The number of hydrogen-bond acceptors (Lipinski definition) is 4. The number of phenolic OH excluding ortho intramolecular Hbond substituents is 2. The van der Waals surface area contributed by atoms with E-state index >= 15 is 0 Å². The van der Waals surface area contributed by atoms with Crippen LogP contribution in [0.15, 0.2) is 18.2 Å². The van der Waals surface area contributed by atoms with E-state index in [4.69, 9.17) is 0 Å². The lowest BCUT2D eigenvalue weighted by atomic mass is 9.95. The average molecular weight is 323 g/mol. The minimum absolute atomic E-state index is 0.00827. The second-order valence-electron chi connectivity index (χ2n) is 6.14. The number of amides is 1. The molecule has 0 heterocycles. The van der Waals surface area contributed by atoms with Crippen molar-refractivity contribution in [3.05, 3.63) is 23.8 Å². The van der Waals surface area contributed by atoms with E-state index in [9.17, 15) is 20.1 Å². The van der Waals surface area contributed by atoms with Gasteiger partial charge in [0.1, 0.15) is 11.5 Å². The van der Waals surface area contributed by atoms with E-state index in [0.29, 0.717) is 24.4 Å². The Labute approximate surface area is 138 Å². The van der Waals surface area contributed by atoms with Crippen LogP contribution in [0, 0.1) is 11.8 Å². The van der Waals surface area contributed by atoms with Crippen molar-refractivity contribution in [2.75, 3.05) is 13.2 Å². The standard InChI is InChI=1S/C18H29NO4/c1-3-5-13(4-2)11-19-18(23)9-14(12-20)8-15-6-7-16(21)10-17(15)22/h6-7,10,13-14,20-22H,3-5,8-9,11-12H2,1-2H3,(H,19,23). The number of aromatic hydroxyl groups is 2. The van der Waals surface area contributed by atoms with Crippen LogP contribution in [0.3, 0.4) is 0 Å². The molecule has 0 radical (unpaired) electrons. The zero-order valence-corrected chi connectivity index (χ0v) is 14.1. The van der Waals surface area contributed by atoms with E-state index in [2.05, 4.69) is 19.2 Å². The van der Waals surface area contributed by atoms with Gasteiger partial charge in [0.15, 0.2) is 0 Å². The van der Waals surface area contributed by atoms with Gasteiger partial charge in [-0.25, -0.2) is 0 Å². The number of benzene rings is 1. The Kier molecular flexibility index (Phi) is 8.48. The van der Waals surface area contributed by atoms with Gasteiger partial charge >= 0.3 is 0 Å². The lowest BCUT2D eigenvalue weighted by Gasteiger charge is -2.18. The molecule has 1 aromatic carbocycles. The molecule has 1 rings (SSSR count). The Hall–Kier alpha value is -1.75. The molecule has 5 nitrogen and oxygen atoms in total. The number of hydrogen-bond donors (Lipinski definition) is 4. The molecule has 0 aliphatic carbocycles. The highest BCUT2D eigenvalue weighted by atomic mass is 16.3. The summed E-state index contributed by atoms with van der Waals surface area (Å²) in [6.45, 7) is 4.80. The first-order chi connectivity index (χ1) is 11.0. The predicted octanol–water partition coefficient (Wildman–Crippen LogP) is 2.58. The lowest BCUT2D eigenvalue weighted by Crippen LogP contribution is -2.31. The topological polar surface area (TPSA) is 89.8 Å². The van der Waals surface area contributed by atoms with Gasteiger partial charge in [-0.2, -0.15) is 0 Å². The van der Waals surface area contributed by atoms with E-state index in [1.54, 1.807) is 6.07 Å². The summed E-state index contributed by atoms with van der Waals surface area (Å²) >= 11 is 0. The van der Waals surface area contributed by atoms with Crippen molar-refractivity contribution in [1.82, 2.24) is 5.32 Å². The molecule has 2 unspecified atom stereocenters. The summed E-state index contributed by atoms with van der Waals surface area (Å²) < 4.78 is 0. The van der Waals surface area contributed by atoms with Crippen molar-refractivity contribution >= 4 is 5.91 Å². The molecular weight excluding hydrogens is 294 g/mol. The monoisotopic (exact) mass is 323 g/mol. The third kappa shape index (κ3) is 6.91. The van der Waals surface area contributed by atoms with Gasteiger partial charge in [-0.05, 0) is 36.3 Å². The van der Waals surface area contributed by atoms with Crippen LogP contribution < -0.4 is 5.32 Å². The van der Waals surface area contributed by atoms with Crippen LogP contribution in [-0.4, -0.2) is 34.4 Å². The van der Waals surface area contributed by atoms with E-state index in [1.807, 2.05) is 0 Å². The fourth-order valence-electron chi connectivity index (χ4n) is 2.69. The number of phenols is 2. The Bertz CT molecular complexity index is 490. The largest absolute Gasteiger partial charge is 0.508 e. The van der Waals surface area contributed by atoms with Crippen LogP contribution in [0.2, 0.25) is 0 Å². The van der Waals surface area contributed by atoms with Gasteiger partial charge in [-0.1, -0.05) is 32.8 Å². The summed E-state index contributed by atoms with van der Waals surface area (Å²) in [6.07, 6.45) is 3.86. The van der Waals surface area contributed by atoms with Gasteiger partial charge in [-0.3, -0.25) is 4.79 Å². The molecule has 0 aromatic heterocycles. The Morgan fingerprint density at radius 1 is 1.22 bits per heavy atom. The molecule has 0 spiro atoms. The zero-order valence-electron chi connectivity index (χ0n) is 14.1. The summed E-state index contributed by atoms with van der Waals surface area (Å²) in [6, 6.07) is 4.36. The minimum Gasteiger partial charge on any atom is -0.508 e. The molecular formula is C18H29NO4. The van der Waals surface area contributed by atoms with Gasteiger partial charge in [0, 0.05) is 25.6 Å². The van der Waals surface area contributed by atoms with Crippen molar-refractivity contribution in [3.8, 4) is 11.5 Å².